The molecule has 0 N–H and O–H groups in total. The molecule has 0 aliphatic carbocycles. The summed E-state index contributed by atoms with van der Waals surface area (Å²) in [6.07, 6.45) is 2.13. The number of fused-ring (bicyclic) bond motifs is 1. The standard InChI is InChI=1S/C16H19N3O2/c1-11(2)19-15(17-10-18-19)9-14(20)16-13-6-4-3-5-12(13)7-8-21-16/h3-6,10-11,16H,7-9H2,1-2H3. The van der Waals surface area contributed by atoms with Gasteiger partial charge in [-0.25, -0.2) is 9.67 Å². The Labute approximate surface area is 124 Å². The van der Waals surface area contributed by atoms with E-state index >= 15 is 0 Å². The summed E-state index contributed by atoms with van der Waals surface area (Å²) >= 11 is 0. The molecule has 2 heterocycles. The molecule has 0 saturated heterocycles. The fourth-order valence-corrected chi connectivity index (χ4v) is 2.74. The number of rotatable bonds is 4. The van der Waals surface area contributed by atoms with E-state index < -0.39 is 6.10 Å². The molecule has 0 radical (unpaired) electrons. The van der Waals surface area contributed by atoms with Gasteiger partial charge in [0.1, 0.15) is 18.3 Å². The van der Waals surface area contributed by atoms with Gasteiger partial charge in [-0.2, -0.15) is 5.10 Å². The average Bonchev–Trinajstić information content (AvgIpc) is 2.95. The molecule has 1 atom stereocenters. The number of hydrogen-bond acceptors (Lipinski definition) is 4. The highest BCUT2D eigenvalue weighted by atomic mass is 16.5. The Morgan fingerprint density at radius 1 is 1.43 bits per heavy atom. The molecule has 2 aromatic rings. The SMILES string of the molecule is CC(C)n1ncnc1CC(=O)C1OCCc2ccccc21. The Morgan fingerprint density at radius 3 is 3.05 bits per heavy atom. The van der Waals surface area contributed by atoms with E-state index in [4.69, 9.17) is 4.74 Å². The van der Waals surface area contributed by atoms with Crippen molar-refractivity contribution in [1.29, 1.82) is 0 Å². The van der Waals surface area contributed by atoms with Gasteiger partial charge in [0.05, 0.1) is 13.0 Å². The van der Waals surface area contributed by atoms with Gasteiger partial charge in [0.15, 0.2) is 5.78 Å². The van der Waals surface area contributed by atoms with Crippen LogP contribution in [0.2, 0.25) is 0 Å². The zero-order valence-electron chi connectivity index (χ0n) is 12.3. The fraction of sp³-hybridized carbons (Fsp3) is 0.438. The second-order valence-corrected chi connectivity index (χ2v) is 5.56. The first-order valence-corrected chi connectivity index (χ1v) is 7.27. The molecule has 0 bridgehead atoms. The van der Waals surface area contributed by atoms with Gasteiger partial charge in [0, 0.05) is 6.04 Å². The van der Waals surface area contributed by atoms with Gasteiger partial charge in [-0.15, -0.1) is 0 Å². The van der Waals surface area contributed by atoms with Crippen molar-refractivity contribution >= 4 is 5.78 Å². The molecule has 1 aliphatic rings. The van der Waals surface area contributed by atoms with Gasteiger partial charge in [0.25, 0.3) is 0 Å². The van der Waals surface area contributed by atoms with Gasteiger partial charge < -0.3 is 4.74 Å². The number of hydrogen-bond donors (Lipinski definition) is 0. The maximum Gasteiger partial charge on any atom is 0.173 e. The van der Waals surface area contributed by atoms with E-state index in [1.807, 2.05) is 32.0 Å². The third-order valence-electron chi connectivity index (χ3n) is 3.75. The maximum atomic E-state index is 12.6. The predicted molar refractivity (Wildman–Crippen MR) is 78.0 cm³/mol. The van der Waals surface area contributed by atoms with Crippen molar-refractivity contribution in [1.82, 2.24) is 14.8 Å². The third-order valence-corrected chi connectivity index (χ3v) is 3.75. The summed E-state index contributed by atoms with van der Waals surface area (Å²) in [5, 5.41) is 4.17. The van der Waals surface area contributed by atoms with E-state index in [-0.39, 0.29) is 18.2 Å². The molecule has 5 nitrogen and oxygen atoms in total. The number of carbonyl (C=O) groups excluding carboxylic acids is 1. The van der Waals surface area contributed by atoms with Crippen LogP contribution in [-0.4, -0.2) is 27.2 Å². The highest BCUT2D eigenvalue weighted by Gasteiger charge is 2.28. The van der Waals surface area contributed by atoms with E-state index in [0.29, 0.717) is 12.4 Å². The quantitative estimate of drug-likeness (QED) is 0.865. The highest BCUT2D eigenvalue weighted by molar-refractivity contribution is 5.86. The molecule has 1 aliphatic heterocycles. The van der Waals surface area contributed by atoms with Crippen molar-refractivity contribution in [2.24, 2.45) is 0 Å². The highest BCUT2D eigenvalue weighted by Crippen LogP contribution is 2.28. The van der Waals surface area contributed by atoms with Crippen LogP contribution in [0.25, 0.3) is 0 Å². The van der Waals surface area contributed by atoms with E-state index in [2.05, 4.69) is 16.1 Å². The van der Waals surface area contributed by atoms with Crippen LogP contribution < -0.4 is 0 Å². The number of benzene rings is 1. The Bertz CT molecular complexity index is 648. The third kappa shape index (κ3) is 2.74. The van der Waals surface area contributed by atoms with Crippen molar-refractivity contribution in [3.8, 4) is 0 Å². The molecule has 3 rings (SSSR count). The van der Waals surface area contributed by atoms with Crippen LogP contribution in [0.4, 0.5) is 0 Å². The van der Waals surface area contributed by atoms with Crippen LogP contribution in [0.1, 0.15) is 42.9 Å². The summed E-state index contributed by atoms with van der Waals surface area (Å²) in [6.45, 7) is 4.63. The van der Waals surface area contributed by atoms with Crippen molar-refractivity contribution in [3.63, 3.8) is 0 Å². The van der Waals surface area contributed by atoms with Crippen LogP contribution in [0.3, 0.4) is 0 Å². The lowest BCUT2D eigenvalue weighted by Gasteiger charge is -2.25. The summed E-state index contributed by atoms with van der Waals surface area (Å²) in [7, 11) is 0. The first-order chi connectivity index (χ1) is 10.2. The van der Waals surface area contributed by atoms with Crippen molar-refractivity contribution in [2.45, 2.75) is 38.8 Å². The predicted octanol–water partition coefficient (Wildman–Crippen LogP) is 2.28. The monoisotopic (exact) mass is 285 g/mol. The average molecular weight is 285 g/mol. The summed E-state index contributed by atoms with van der Waals surface area (Å²) in [5.41, 5.74) is 2.19. The topological polar surface area (TPSA) is 57.0 Å². The van der Waals surface area contributed by atoms with Crippen molar-refractivity contribution < 1.29 is 9.53 Å². The van der Waals surface area contributed by atoms with Crippen LogP contribution in [0, 0.1) is 0 Å². The molecular formula is C16H19N3O2. The van der Waals surface area contributed by atoms with Gasteiger partial charge in [0.2, 0.25) is 0 Å². The molecule has 1 unspecified atom stereocenters. The number of nitrogens with zero attached hydrogens (tertiary/aromatic N) is 3. The molecule has 0 amide bonds. The minimum Gasteiger partial charge on any atom is -0.365 e. The summed E-state index contributed by atoms with van der Waals surface area (Å²) in [6, 6.07) is 8.18. The Morgan fingerprint density at radius 2 is 2.24 bits per heavy atom. The second-order valence-electron chi connectivity index (χ2n) is 5.56. The second kappa shape index (κ2) is 5.77. The van der Waals surface area contributed by atoms with Crippen LogP contribution >= 0.6 is 0 Å². The molecular weight excluding hydrogens is 266 g/mol. The van der Waals surface area contributed by atoms with E-state index in [9.17, 15) is 4.79 Å². The van der Waals surface area contributed by atoms with Gasteiger partial charge in [-0.1, -0.05) is 24.3 Å². The molecule has 110 valence electrons. The lowest BCUT2D eigenvalue weighted by Crippen LogP contribution is -2.26. The minimum atomic E-state index is -0.479. The first kappa shape index (κ1) is 13.9. The van der Waals surface area contributed by atoms with Gasteiger partial charge in [-0.05, 0) is 31.4 Å². The molecule has 21 heavy (non-hydrogen) atoms. The minimum absolute atomic E-state index is 0.0389. The van der Waals surface area contributed by atoms with Crippen LogP contribution in [0.15, 0.2) is 30.6 Å². The Hall–Kier alpha value is -2.01. The van der Waals surface area contributed by atoms with Crippen molar-refractivity contribution in [3.05, 3.63) is 47.5 Å². The Balaban J connectivity index is 1.82. The zero-order chi connectivity index (χ0) is 14.8. The van der Waals surface area contributed by atoms with E-state index in [1.54, 1.807) is 4.68 Å². The number of Topliss-reactive ketones (excluding diaryl/α,β-unsaturated/α-hetero) is 1. The molecule has 0 saturated carbocycles. The lowest BCUT2D eigenvalue weighted by molar-refractivity contribution is -0.131. The van der Waals surface area contributed by atoms with E-state index in [1.165, 1.54) is 11.9 Å². The van der Waals surface area contributed by atoms with Gasteiger partial charge >= 0.3 is 0 Å². The molecule has 0 fully saturated rings. The van der Waals surface area contributed by atoms with Gasteiger partial charge in [-0.3, -0.25) is 4.79 Å². The number of aromatic nitrogens is 3. The number of ether oxygens (including phenoxy) is 1. The normalized spacial score (nSPS) is 17.8. The largest absolute Gasteiger partial charge is 0.365 e. The summed E-state index contributed by atoms with van der Waals surface area (Å²) < 4.78 is 7.49. The fourth-order valence-electron chi connectivity index (χ4n) is 2.74. The maximum absolute atomic E-state index is 12.6. The number of ketones is 1. The summed E-state index contributed by atoms with van der Waals surface area (Å²) in [4.78, 5) is 16.8. The lowest BCUT2D eigenvalue weighted by atomic mass is 9.94. The summed E-state index contributed by atoms with van der Waals surface area (Å²) in [5.74, 6) is 0.735. The molecule has 0 spiro atoms. The Kier molecular flexibility index (Phi) is 3.84. The smallest absolute Gasteiger partial charge is 0.173 e. The van der Waals surface area contributed by atoms with Crippen LogP contribution in [-0.2, 0) is 22.4 Å². The number of carbonyl (C=O) groups is 1. The van der Waals surface area contributed by atoms with Crippen LogP contribution in [0.5, 0.6) is 0 Å². The van der Waals surface area contributed by atoms with E-state index in [0.717, 1.165) is 12.0 Å². The first-order valence-electron chi connectivity index (χ1n) is 7.27. The zero-order valence-corrected chi connectivity index (χ0v) is 12.3. The molecule has 1 aromatic carbocycles. The molecule has 5 heteroatoms. The molecule has 1 aromatic heterocycles. The van der Waals surface area contributed by atoms with Crippen molar-refractivity contribution in [2.75, 3.05) is 6.61 Å².